The number of halogens is 3. The van der Waals surface area contributed by atoms with Gasteiger partial charge in [-0.15, -0.1) is 0 Å². The molecule has 1 fully saturated rings. The van der Waals surface area contributed by atoms with Crippen molar-refractivity contribution in [1.29, 1.82) is 0 Å². The third kappa shape index (κ3) is 4.92. The number of benzene rings is 1. The molecule has 1 aromatic carbocycles. The molecule has 8 nitrogen and oxygen atoms in total. The fourth-order valence-electron chi connectivity index (χ4n) is 2.82. The first-order chi connectivity index (χ1) is 13.6. The van der Waals surface area contributed by atoms with Gasteiger partial charge in [0.2, 0.25) is 5.91 Å². The summed E-state index contributed by atoms with van der Waals surface area (Å²) in [6, 6.07) is 5.76. The van der Waals surface area contributed by atoms with E-state index in [2.05, 4.69) is 10.5 Å². The van der Waals surface area contributed by atoms with Crippen LogP contribution in [0.1, 0.15) is 17.7 Å². The van der Waals surface area contributed by atoms with E-state index in [1.54, 1.807) is 6.92 Å². The van der Waals surface area contributed by atoms with Crippen LogP contribution in [-0.4, -0.2) is 36.1 Å². The number of hydrogen-bond acceptors (Lipinski definition) is 6. The summed E-state index contributed by atoms with van der Waals surface area (Å²) in [6.45, 7) is 0.901. The molecule has 1 aromatic heterocycles. The van der Waals surface area contributed by atoms with Crippen molar-refractivity contribution in [2.75, 3.05) is 23.4 Å². The van der Waals surface area contributed by atoms with Crippen LogP contribution in [0.15, 0.2) is 34.9 Å². The van der Waals surface area contributed by atoms with E-state index in [9.17, 15) is 27.6 Å². The molecule has 154 valence electrons. The highest BCUT2D eigenvalue weighted by Gasteiger charge is 2.37. The highest BCUT2D eigenvalue weighted by atomic mass is 19.4. The van der Waals surface area contributed by atoms with Crippen molar-refractivity contribution in [3.05, 3.63) is 41.7 Å². The number of carbonyl (C=O) groups excluding carboxylic acids is 3. The van der Waals surface area contributed by atoms with Crippen LogP contribution < -0.4 is 10.2 Å². The van der Waals surface area contributed by atoms with Gasteiger partial charge in [-0.05, 0) is 25.1 Å². The molecule has 3 rings (SSSR count). The number of aromatic nitrogens is 1. The molecule has 2 amide bonds. The first-order valence-electron chi connectivity index (χ1n) is 8.51. The van der Waals surface area contributed by atoms with E-state index in [0.29, 0.717) is 5.76 Å². The van der Waals surface area contributed by atoms with Gasteiger partial charge in [-0.3, -0.25) is 14.4 Å². The number of nitrogens with zero attached hydrogens (tertiary/aromatic N) is 2. The Balaban J connectivity index is 1.57. The van der Waals surface area contributed by atoms with Crippen molar-refractivity contribution in [3.63, 3.8) is 0 Å². The Hall–Kier alpha value is -3.37. The van der Waals surface area contributed by atoms with Crippen LogP contribution in [-0.2, 0) is 25.3 Å². The molecule has 0 radical (unpaired) electrons. The maximum atomic E-state index is 12.9. The molecule has 0 saturated carbocycles. The zero-order valence-corrected chi connectivity index (χ0v) is 15.2. The van der Waals surface area contributed by atoms with E-state index in [0.717, 1.165) is 17.0 Å². The predicted molar refractivity (Wildman–Crippen MR) is 92.7 cm³/mol. The van der Waals surface area contributed by atoms with E-state index < -0.39 is 42.0 Å². The molecule has 1 N–H and O–H groups in total. The quantitative estimate of drug-likeness (QED) is 0.759. The van der Waals surface area contributed by atoms with Gasteiger partial charge in [0.1, 0.15) is 5.76 Å². The van der Waals surface area contributed by atoms with Crippen molar-refractivity contribution in [2.24, 2.45) is 5.92 Å². The van der Waals surface area contributed by atoms with Gasteiger partial charge in [-0.25, -0.2) is 0 Å². The van der Waals surface area contributed by atoms with Gasteiger partial charge >= 0.3 is 12.1 Å². The summed E-state index contributed by atoms with van der Waals surface area (Å²) in [5.74, 6) is -2.19. The number of hydrogen-bond donors (Lipinski definition) is 1. The first-order valence-corrected chi connectivity index (χ1v) is 8.51. The molecule has 1 aliphatic rings. The molecular formula is C18H16F3N3O5. The Morgan fingerprint density at radius 1 is 1.34 bits per heavy atom. The predicted octanol–water partition coefficient (Wildman–Crippen LogP) is 2.54. The molecule has 1 saturated heterocycles. The minimum atomic E-state index is -4.55. The van der Waals surface area contributed by atoms with Crippen molar-refractivity contribution < 1.29 is 36.8 Å². The Kier molecular flexibility index (Phi) is 5.57. The van der Waals surface area contributed by atoms with Gasteiger partial charge in [0, 0.05) is 24.7 Å². The Morgan fingerprint density at radius 2 is 2.10 bits per heavy atom. The number of aryl methyl sites for hydroxylation is 1. The van der Waals surface area contributed by atoms with E-state index in [-0.39, 0.29) is 24.5 Å². The molecule has 2 aromatic rings. The monoisotopic (exact) mass is 411 g/mol. The Bertz CT molecular complexity index is 941. The molecule has 1 atom stereocenters. The van der Waals surface area contributed by atoms with E-state index in [1.165, 1.54) is 18.2 Å². The average molecular weight is 411 g/mol. The van der Waals surface area contributed by atoms with Crippen LogP contribution in [0.5, 0.6) is 0 Å². The van der Waals surface area contributed by atoms with Crippen molar-refractivity contribution in [1.82, 2.24) is 5.16 Å². The SMILES string of the molecule is Cc1cc(NC(=O)COC(=O)[C@H]2CC(=O)N(c3cccc(C(F)(F)F)c3)C2)no1. The number of carbonyl (C=O) groups is 3. The van der Waals surface area contributed by atoms with Gasteiger partial charge in [0.15, 0.2) is 12.4 Å². The van der Waals surface area contributed by atoms with Crippen molar-refractivity contribution >= 4 is 29.3 Å². The summed E-state index contributed by atoms with van der Waals surface area (Å²) in [5, 5.41) is 5.93. The van der Waals surface area contributed by atoms with Crippen LogP contribution >= 0.6 is 0 Å². The zero-order valence-electron chi connectivity index (χ0n) is 15.2. The zero-order chi connectivity index (χ0) is 21.2. The summed E-state index contributed by atoms with van der Waals surface area (Å²) in [4.78, 5) is 37.2. The Morgan fingerprint density at radius 3 is 2.76 bits per heavy atom. The fraction of sp³-hybridized carbons (Fsp3) is 0.333. The number of ether oxygens (including phenoxy) is 1. The van der Waals surface area contributed by atoms with Gasteiger partial charge in [0.25, 0.3) is 5.91 Å². The second-order valence-electron chi connectivity index (χ2n) is 6.43. The summed E-state index contributed by atoms with van der Waals surface area (Å²) in [6.07, 6.45) is -4.77. The van der Waals surface area contributed by atoms with E-state index >= 15 is 0 Å². The summed E-state index contributed by atoms with van der Waals surface area (Å²) >= 11 is 0. The molecule has 0 unspecified atom stereocenters. The third-order valence-electron chi connectivity index (χ3n) is 4.18. The standard InChI is InChI=1S/C18H16F3N3O5/c1-10-5-14(23-29-10)22-15(25)9-28-17(27)11-6-16(26)24(8-11)13-4-2-3-12(7-13)18(19,20)21/h2-5,7,11H,6,8-9H2,1H3,(H,22,23,25)/t11-/m0/s1. The van der Waals surface area contributed by atoms with Crippen molar-refractivity contribution in [3.8, 4) is 0 Å². The minimum Gasteiger partial charge on any atom is -0.455 e. The lowest BCUT2D eigenvalue weighted by atomic mass is 10.1. The molecule has 11 heteroatoms. The number of alkyl halides is 3. The lowest BCUT2D eigenvalue weighted by Crippen LogP contribution is -2.28. The highest BCUT2D eigenvalue weighted by Crippen LogP contribution is 2.33. The summed E-state index contributed by atoms with van der Waals surface area (Å²) in [7, 11) is 0. The second kappa shape index (κ2) is 7.94. The lowest BCUT2D eigenvalue weighted by Gasteiger charge is -2.18. The lowest BCUT2D eigenvalue weighted by molar-refractivity contribution is -0.151. The average Bonchev–Trinajstić information content (AvgIpc) is 3.24. The van der Waals surface area contributed by atoms with Crippen LogP contribution in [0.2, 0.25) is 0 Å². The first kappa shape index (κ1) is 20.4. The topological polar surface area (TPSA) is 102 Å². The maximum absolute atomic E-state index is 12.9. The van der Waals surface area contributed by atoms with Crippen LogP contribution in [0.25, 0.3) is 0 Å². The number of nitrogens with one attached hydrogen (secondary N) is 1. The van der Waals surface area contributed by atoms with E-state index in [4.69, 9.17) is 9.26 Å². The van der Waals surface area contributed by atoms with E-state index in [1.807, 2.05) is 0 Å². The number of amides is 2. The fourth-order valence-corrected chi connectivity index (χ4v) is 2.82. The van der Waals surface area contributed by atoms with Gasteiger partial charge in [0.05, 0.1) is 11.5 Å². The largest absolute Gasteiger partial charge is 0.455 e. The molecule has 0 bridgehead atoms. The minimum absolute atomic E-state index is 0.0410. The number of rotatable bonds is 5. The number of anilines is 2. The summed E-state index contributed by atoms with van der Waals surface area (Å²) < 4.78 is 48.3. The van der Waals surface area contributed by atoms with Gasteiger partial charge in [-0.1, -0.05) is 11.2 Å². The highest BCUT2D eigenvalue weighted by molar-refractivity contribution is 6.00. The maximum Gasteiger partial charge on any atom is 0.416 e. The number of esters is 1. The van der Waals surface area contributed by atoms with Gasteiger partial charge in [-0.2, -0.15) is 13.2 Å². The second-order valence-corrected chi connectivity index (χ2v) is 6.43. The van der Waals surface area contributed by atoms with Crippen molar-refractivity contribution in [2.45, 2.75) is 19.5 Å². The summed E-state index contributed by atoms with van der Waals surface area (Å²) in [5.41, 5.74) is -0.854. The molecule has 0 aliphatic carbocycles. The molecule has 29 heavy (non-hydrogen) atoms. The molecule has 2 heterocycles. The van der Waals surface area contributed by atoms with Crippen LogP contribution in [0.4, 0.5) is 24.7 Å². The van der Waals surface area contributed by atoms with Crippen LogP contribution in [0, 0.1) is 12.8 Å². The molecule has 0 spiro atoms. The van der Waals surface area contributed by atoms with Gasteiger partial charge < -0.3 is 19.5 Å². The third-order valence-corrected chi connectivity index (χ3v) is 4.18. The Labute approximate surface area is 162 Å². The molecular weight excluding hydrogens is 395 g/mol. The normalized spacial score (nSPS) is 16.8. The molecule has 1 aliphatic heterocycles. The van der Waals surface area contributed by atoms with Crippen LogP contribution in [0.3, 0.4) is 0 Å². The smallest absolute Gasteiger partial charge is 0.416 e.